The van der Waals surface area contributed by atoms with Crippen molar-refractivity contribution in [3.05, 3.63) is 16.4 Å². The number of nitrogens with zero attached hydrogens (tertiary/aromatic N) is 4. The highest BCUT2D eigenvalue weighted by molar-refractivity contribution is 7.99. The maximum Gasteiger partial charge on any atom is 0.236 e. The molecule has 24 heavy (non-hydrogen) atoms. The zero-order chi connectivity index (χ0) is 17.1. The Kier molecular flexibility index (Phi) is 5.55. The number of rotatable bonds is 6. The summed E-state index contributed by atoms with van der Waals surface area (Å²) in [7, 11) is 0. The smallest absolute Gasteiger partial charge is 0.236 e. The summed E-state index contributed by atoms with van der Waals surface area (Å²) in [6, 6.07) is 0. The van der Waals surface area contributed by atoms with Crippen molar-refractivity contribution in [3.8, 4) is 0 Å². The Labute approximate surface area is 150 Å². The molecule has 2 heterocycles. The van der Waals surface area contributed by atoms with E-state index in [1.807, 2.05) is 0 Å². The summed E-state index contributed by atoms with van der Waals surface area (Å²) in [5.41, 5.74) is 1.17. The lowest BCUT2D eigenvalue weighted by Gasteiger charge is -2.08. The minimum atomic E-state index is -0.0390. The van der Waals surface area contributed by atoms with Crippen LogP contribution in [0.3, 0.4) is 0 Å². The summed E-state index contributed by atoms with van der Waals surface area (Å²) in [5.74, 6) is 1.57. The first-order valence-corrected chi connectivity index (χ1v) is 10.2. The van der Waals surface area contributed by atoms with Crippen molar-refractivity contribution in [1.29, 1.82) is 0 Å². The molecule has 0 radical (unpaired) electrons. The molecular weight excluding hydrogens is 342 g/mol. The van der Waals surface area contributed by atoms with Gasteiger partial charge in [-0.25, -0.2) is 4.98 Å². The van der Waals surface area contributed by atoms with Crippen LogP contribution >= 0.6 is 23.1 Å². The second-order valence-electron chi connectivity index (χ2n) is 6.17. The highest BCUT2D eigenvalue weighted by atomic mass is 32.2. The number of carbonyl (C=O) groups excluding carboxylic acids is 1. The topological polar surface area (TPSA) is 72.7 Å². The molecule has 1 aliphatic rings. The Morgan fingerprint density at radius 3 is 2.83 bits per heavy atom. The summed E-state index contributed by atoms with van der Waals surface area (Å²) in [6.45, 7) is 7.08. The lowest BCUT2D eigenvalue weighted by atomic mass is 10.0. The van der Waals surface area contributed by atoms with E-state index in [-0.39, 0.29) is 5.91 Å². The molecule has 0 unspecified atom stereocenters. The maximum absolute atomic E-state index is 12.2. The second-order valence-corrected chi connectivity index (χ2v) is 8.20. The molecule has 0 saturated heterocycles. The number of hydrogen-bond acceptors (Lipinski definition) is 6. The summed E-state index contributed by atoms with van der Waals surface area (Å²) >= 11 is 3.04. The van der Waals surface area contributed by atoms with Gasteiger partial charge in [0.05, 0.1) is 11.4 Å². The molecule has 6 nitrogen and oxygen atoms in total. The summed E-state index contributed by atoms with van der Waals surface area (Å²) in [6.07, 6.45) is 4.55. The molecule has 1 aliphatic carbocycles. The van der Waals surface area contributed by atoms with Crippen LogP contribution in [0.15, 0.2) is 5.16 Å². The molecule has 130 valence electrons. The van der Waals surface area contributed by atoms with Gasteiger partial charge in [0, 0.05) is 17.3 Å². The van der Waals surface area contributed by atoms with Crippen LogP contribution < -0.4 is 5.32 Å². The average molecular weight is 366 g/mol. The van der Waals surface area contributed by atoms with Gasteiger partial charge in [0.1, 0.15) is 5.82 Å². The largest absolute Gasteiger partial charge is 0.306 e. The van der Waals surface area contributed by atoms with Crippen molar-refractivity contribution in [2.24, 2.45) is 0 Å². The van der Waals surface area contributed by atoms with E-state index in [0.29, 0.717) is 11.7 Å². The molecule has 2 aromatic heterocycles. The predicted molar refractivity (Wildman–Crippen MR) is 97.9 cm³/mol. The van der Waals surface area contributed by atoms with E-state index in [2.05, 4.69) is 45.8 Å². The van der Waals surface area contributed by atoms with Gasteiger partial charge in [-0.2, -0.15) is 0 Å². The van der Waals surface area contributed by atoms with Crippen LogP contribution in [0.2, 0.25) is 0 Å². The van der Waals surface area contributed by atoms with Crippen molar-refractivity contribution in [1.82, 2.24) is 19.7 Å². The Morgan fingerprint density at radius 1 is 1.33 bits per heavy atom. The monoisotopic (exact) mass is 365 g/mol. The summed E-state index contributed by atoms with van der Waals surface area (Å²) in [5, 5.41) is 12.9. The van der Waals surface area contributed by atoms with E-state index in [9.17, 15) is 4.79 Å². The van der Waals surface area contributed by atoms with Crippen LogP contribution in [0.25, 0.3) is 0 Å². The van der Waals surface area contributed by atoms with E-state index in [1.54, 1.807) is 11.3 Å². The number of nitrogens with one attached hydrogen (secondary N) is 1. The Hall–Kier alpha value is -1.41. The fourth-order valence-corrected chi connectivity index (χ4v) is 4.70. The predicted octanol–water partition coefficient (Wildman–Crippen LogP) is 3.49. The number of aromatic nitrogens is 4. The lowest BCUT2D eigenvalue weighted by molar-refractivity contribution is -0.113. The van der Waals surface area contributed by atoms with Crippen molar-refractivity contribution < 1.29 is 4.79 Å². The van der Waals surface area contributed by atoms with Gasteiger partial charge in [-0.1, -0.05) is 25.6 Å². The van der Waals surface area contributed by atoms with Gasteiger partial charge >= 0.3 is 0 Å². The second kappa shape index (κ2) is 7.65. The molecule has 2 aromatic rings. The van der Waals surface area contributed by atoms with Gasteiger partial charge in [0.15, 0.2) is 10.3 Å². The van der Waals surface area contributed by atoms with Crippen LogP contribution in [0.4, 0.5) is 5.13 Å². The molecule has 0 aromatic carbocycles. The van der Waals surface area contributed by atoms with Gasteiger partial charge < -0.3 is 9.88 Å². The van der Waals surface area contributed by atoms with Crippen molar-refractivity contribution >= 4 is 34.1 Å². The highest BCUT2D eigenvalue weighted by Crippen LogP contribution is 2.29. The number of carbonyl (C=O) groups is 1. The highest BCUT2D eigenvalue weighted by Gasteiger charge is 2.18. The first-order valence-electron chi connectivity index (χ1n) is 8.42. The molecule has 1 amide bonds. The van der Waals surface area contributed by atoms with E-state index in [0.717, 1.165) is 35.5 Å². The van der Waals surface area contributed by atoms with Crippen molar-refractivity contribution in [3.63, 3.8) is 0 Å². The fourth-order valence-electron chi connectivity index (χ4n) is 2.82. The number of thioether (sulfide) groups is 1. The number of thiazole rings is 1. The number of fused-ring (bicyclic) bond motifs is 1. The van der Waals surface area contributed by atoms with Gasteiger partial charge in [-0.3, -0.25) is 4.79 Å². The minimum Gasteiger partial charge on any atom is -0.306 e. The quantitative estimate of drug-likeness (QED) is 0.793. The van der Waals surface area contributed by atoms with E-state index in [4.69, 9.17) is 0 Å². The number of amides is 1. The number of anilines is 1. The Balaban J connectivity index is 1.59. The Morgan fingerprint density at radius 2 is 2.12 bits per heavy atom. The first-order chi connectivity index (χ1) is 11.6. The zero-order valence-corrected chi connectivity index (χ0v) is 16.0. The number of hydrogen-bond donors (Lipinski definition) is 1. The molecule has 1 N–H and O–H groups in total. The van der Waals surface area contributed by atoms with Gasteiger partial charge in [-0.05, 0) is 32.6 Å². The third-order valence-corrected chi connectivity index (χ3v) is 6.04. The third-order valence-electron chi connectivity index (χ3n) is 4.00. The van der Waals surface area contributed by atoms with Gasteiger partial charge in [0.2, 0.25) is 5.91 Å². The number of aryl methyl sites for hydroxylation is 2. The molecule has 0 atom stereocenters. The standard InChI is InChI=1S/C16H23N5OS2/c1-4-21-14(10(2)3)19-20-16(21)23-9-13(22)18-15-17-11-7-5-6-8-12(11)24-15/h10H,4-9H2,1-3H3,(H,17,18,22). The van der Waals surface area contributed by atoms with Crippen LogP contribution in [0.5, 0.6) is 0 Å². The molecule has 0 saturated carbocycles. The summed E-state index contributed by atoms with van der Waals surface area (Å²) in [4.78, 5) is 18.1. The van der Waals surface area contributed by atoms with Crippen LogP contribution in [-0.4, -0.2) is 31.4 Å². The molecule has 0 fully saturated rings. The van der Waals surface area contributed by atoms with E-state index in [1.165, 1.54) is 35.2 Å². The lowest BCUT2D eigenvalue weighted by Crippen LogP contribution is -2.14. The van der Waals surface area contributed by atoms with Crippen molar-refractivity contribution in [2.75, 3.05) is 11.1 Å². The van der Waals surface area contributed by atoms with Crippen LogP contribution in [0, 0.1) is 0 Å². The molecular formula is C16H23N5OS2. The maximum atomic E-state index is 12.2. The molecule has 0 spiro atoms. The normalized spacial score (nSPS) is 14.0. The molecule has 0 bridgehead atoms. The molecule has 0 aliphatic heterocycles. The molecule has 8 heteroatoms. The van der Waals surface area contributed by atoms with Gasteiger partial charge in [0.25, 0.3) is 0 Å². The molecule has 3 rings (SSSR count). The van der Waals surface area contributed by atoms with Gasteiger partial charge in [-0.15, -0.1) is 21.5 Å². The summed E-state index contributed by atoms with van der Waals surface area (Å²) < 4.78 is 2.07. The Bertz CT molecular complexity index is 699. The van der Waals surface area contributed by atoms with Crippen LogP contribution in [0.1, 0.15) is 55.9 Å². The average Bonchev–Trinajstić information content (AvgIpc) is 3.15. The third kappa shape index (κ3) is 3.80. The van der Waals surface area contributed by atoms with Crippen LogP contribution in [-0.2, 0) is 24.2 Å². The minimum absolute atomic E-state index is 0.0390. The van der Waals surface area contributed by atoms with E-state index >= 15 is 0 Å². The fraction of sp³-hybridized carbons (Fsp3) is 0.625. The van der Waals surface area contributed by atoms with E-state index < -0.39 is 0 Å². The first kappa shape index (κ1) is 17.4. The zero-order valence-electron chi connectivity index (χ0n) is 14.3. The SMILES string of the molecule is CCn1c(SCC(=O)Nc2nc3c(s2)CCCC3)nnc1C(C)C. The van der Waals surface area contributed by atoms with Crippen molar-refractivity contribution in [2.45, 2.75) is 64.1 Å².